The van der Waals surface area contributed by atoms with Crippen LogP contribution < -0.4 is 20.5 Å². The van der Waals surface area contributed by atoms with Crippen LogP contribution in [-0.4, -0.2) is 30.2 Å². The summed E-state index contributed by atoms with van der Waals surface area (Å²) in [6.07, 6.45) is 4.86. The van der Waals surface area contributed by atoms with Gasteiger partial charge in [0.2, 0.25) is 0 Å². The molecule has 0 saturated heterocycles. The molecule has 0 aliphatic carbocycles. The molecule has 1 aliphatic rings. The molecule has 0 atom stereocenters. The molecule has 3 aromatic rings. The van der Waals surface area contributed by atoms with Gasteiger partial charge in [-0.2, -0.15) is 5.43 Å². The van der Waals surface area contributed by atoms with Crippen molar-refractivity contribution < 1.29 is 9.73 Å². The van der Waals surface area contributed by atoms with Crippen LogP contribution in [0.2, 0.25) is 0 Å². The molecule has 0 bridgehead atoms. The molecule has 6 heteroatoms. The van der Waals surface area contributed by atoms with Gasteiger partial charge in [-0.15, -0.1) is 5.10 Å². The van der Waals surface area contributed by atoms with Crippen LogP contribution in [0.4, 0.5) is 0 Å². The lowest BCUT2D eigenvalue weighted by Crippen LogP contribution is -2.81. The number of fused-ring (bicyclic) bond motifs is 1. The first-order valence-corrected chi connectivity index (χ1v) is 8.81. The molecular weight excluding hydrogens is 326 g/mol. The van der Waals surface area contributed by atoms with Gasteiger partial charge in [-0.25, -0.2) is 0 Å². The number of nitrogens with one attached hydrogen (secondary N) is 4. The predicted octanol–water partition coefficient (Wildman–Crippen LogP) is 1.10. The van der Waals surface area contributed by atoms with Gasteiger partial charge >= 0.3 is 5.96 Å². The lowest BCUT2D eigenvalue weighted by molar-refractivity contribution is -0.466. The number of hydrazone groups is 1. The standard InChI is InChI=1S/C20H21N5O/c1-2-6-15(7-3-1)14-26-18-9-4-8-17-19(18)16(12-23-17)13-24-25-20-21-10-5-11-22-20/h1-4,6-9,12-13,23H,5,10-11,14H2,(H2,21,22,25)/p+1/b24-13+. The first-order chi connectivity index (χ1) is 12.9. The third-order valence-corrected chi connectivity index (χ3v) is 4.27. The van der Waals surface area contributed by atoms with Crippen LogP contribution in [0, 0.1) is 0 Å². The van der Waals surface area contributed by atoms with Gasteiger partial charge in [-0.05, 0) is 17.7 Å². The van der Waals surface area contributed by atoms with Gasteiger partial charge in [0.05, 0.1) is 24.7 Å². The summed E-state index contributed by atoms with van der Waals surface area (Å²) < 4.78 is 6.07. The van der Waals surface area contributed by atoms with Crippen molar-refractivity contribution in [1.82, 2.24) is 15.7 Å². The van der Waals surface area contributed by atoms with Gasteiger partial charge in [0.15, 0.2) is 0 Å². The number of aromatic amines is 1. The van der Waals surface area contributed by atoms with Crippen molar-refractivity contribution in [3.05, 3.63) is 65.9 Å². The number of H-pyrrole nitrogens is 1. The van der Waals surface area contributed by atoms with Crippen molar-refractivity contribution in [3.63, 3.8) is 0 Å². The third-order valence-electron chi connectivity index (χ3n) is 4.27. The smallest absolute Gasteiger partial charge is 0.367 e. The van der Waals surface area contributed by atoms with Crippen LogP contribution in [0.3, 0.4) is 0 Å². The lowest BCUT2D eigenvalue weighted by Gasteiger charge is -2.08. The molecule has 4 rings (SSSR count). The second-order valence-corrected chi connectivity index (χ2v) is 6.15. The molecule has 0 spiro atoms. The van der Waals surface area contributed by atoms with Gasteiger partial charge in [-0.1, -0.05) is 36.4 Å². The summed E-state index contributed by atoms with van der Waals surface area (Å²) in [7, 11) is 0. The Morgan fingerprint density at radius 2 is 2.08 bits per heavy atom. The number of aromatic nitrogens is 1. The largest absolute Gasteiger partial charge is 0.488 e. The Bertz CT molecular complexity index is 930. The molecule has 1 aromatic heterocycles. The molecule has 0 unspecified atom stereocenters. The molecule has 26 heavy (non-hydrogen) atoms. The number of rotatable bonds is 5. The summed E-state index contributed by atoms with van der Waals surface area (Å²) in [5, 5.41) is 8.60. The first-order valence-electron chi connectivity index (χ1n) is 8.81. The third kappa shape index (κ3) is 3.69. The molecule has 0 amide bonds. The number of hydrogen-bond donors (Lipinski definition) is 4. The van der Waals surface area contributed by atoms with Crippen LogP contribution in [-0.2, 0) is 6.61 Å². The Labute approximate surface area is 152 Å². The van der Waals surface area contributed by atoms with Crippen molar-refractivity contribution in [3.8, 4) is 5.75 Å². The van der Waals surface area contributed by atoms with Crippen molar-refractivity contribution >= 4 is 23.1 Å². The fraction of sp³-hybridized carbons (Fsp3) is 0.200. The van der Waals surface area contributed by atoms with Crippen LogP contribution in [0.25, 0.3) is 10.9 Å². The van der Waals surface area contributed by atoms with E-state index in [4.69, 9.17) is 4.74 Å². The van der Waals surface area contributed by atoms with E-state index in [9.17, 15) is 0 Å². The van der Waals surface area contributed by atoms with Crippen LogP contribution in [0.15, 0.2) is 59.8 Å². The molecule has 4 N–H and O–H groups in total. The molecule has 2 heterocycles. The van der Waals surface area contributed by atoms with E-state index in [-0.39, 0.29) is 0 Å². The average Bonchev–Trinajstić information content (AvgIpc) is 3.12. The highest BCUT2D eigenvalue weighted by molar-refractivity contribution is 6.02. The van der Waals surface area contributed by atoms with Crippen molar-refractivity contribution in [2.75, 3.05) is 13.1 Å². The van der Waals surface area contributed by atoms with E-state index in [0.717, 1.165) is 53.2 Å². The molecule has 2 aromatic carbocycles. The Balaban J connectivity index is 1.53. The monoisotopic (exact) mass is 348 g/mol. The zero-order valence-electron chi connectivity index (χ0n) is 14.5. The summed E-state index contributed by atoms with van der Waals surface area (Å²) in [5.74, 6) is 1.68. The van der Waals surface area contributed by atoms with Gasteiger partial charge in [0.1, 0.15) is 12.4 Å². The van der Waals surface area contributed by atoms with Crippen LogP contribution in [0.5, 0.6) is 5.75 Å². The minimum absolute atomic E-state index is 0.533. The van der Waals surface area contributed by atoms with Crippen LogP contribution >= 0.6 is 0 Å². The summed E-state index contributed by atoms with van der Waals surface area (Å²) in [6.45, 7) is 2.44. The zero-order valence-corrected chi connectivity index (χ0v) is 14.5. The maximum Gasteiger partial charge on any atom is 0.367 e. The highest BCUT2D eigenvalue weighted by atomic mass is 16.5. The molecular formula is C20H22N5O+. The summed E-state index contributed by atoms with van der Waals surface area (Å²) >= 11 is 0. The molecule has 0 saturated carbocycles. The van der Waals surface area contributed by atoms with E-state index in [0.29, 0.717) is 6.61 Å². The Hall–Kier alpha value is -3.28. The average molecular weight is 348 g/mol. The fourth-order valence-corrected chi connectivity index (χ4v) is 2.96. The lowest BCUT2D eigenvalue weighted by atomic mass is 10.1. The topological polar surface area (TPSA) is 75.4 Å². The van der Waals surface area contributed by atoms with Gasteiger partial charge in [-0.3, -0.25) is 10.3 Å². The fourth-order valence-electron chi connectivity index (χ4n) is 2.96. The van der Waals surface area contributed by atoms with Crippen LogP contribution in [0.1, 0.15) is 17.5 Å². The first kappa shape index (κ1) is 16.2. The predicted molar refractivity (Wildman–Crippen MR) is 103 cm³/mol. The Morgan fingerprint density at radius 3 is 2.92 bits per heavy atom. The number of ether oxygens (including phenoxy) is 1. The second kappa shape index (κ2) is 7.74. The molecule has 132 valence electrons. The minimum atomic E-state index is 0.533. The van der Waals surface area contributed by atoms with Crippen molar-refractivity contribution in [2.45, 2.75) is 13.0 Å². The maximum atomic E-state index is 6.07. The maximum absolute atomic E-state index is 6.07. The molecule has 1 aliphatic heterocycles. The van der Waals surface area contributed by atoms with E-state index in [2.05, 4.69) is 38.0 Å². The molecule has 0 radical (unpaired) electrons. The SMILES string of the molecule is C(=N\NC1=[NH+]CCCN1)/c1c[nH]c2cccc(OCc3ccccc3)c12. The summed E-state index contributed by atoms with van der Waals surface area (Å²) in [6, 6.07) is 16.2. The minimum Gasteiger partial charge on any atom is -0.488 e. The van der Waals surface area contributed by atoms with Crippen molar-refractivity contribution in [2.24, 2.45) is 5.10 Å². The van der Waals surface area contributed by atoms with E-state index >= 15 is 0 Å². The number of nitrogens with zero attached hydrogens (tertiary/aromatic N) is 1. The van der Waals surface area contributed by atoms with E-state index in [1.165, 1.54) is 0 Å². The normalized spacial score (nSPS) is 14.2. The molecule has 0 fully saturated rings. The quantitative estimate of drug-likeness (QED) is 0.412. The summed E-state index contributed by atoms with van der Waals surface area (Å²) in [5.41, 5.74) is 6.16. The van der Waals surface area contributed by atoms with E-state index in [1.807, 2.05) is 42.6 Å². The van der Waals surface area contributed by atoms with Gasteiger partial charge < -0.3 is 9.72 Å². The summed E-state index contributed by atoms with van der Waals surface area (Å²) in [4.78, 5) is 6.51. The number of hydrogen-bond acceptors (Lipinski definition) is 4. The van der Waals surface area contributed by atoms with Crippen molar-refractivity contribution in [1.29, 1.82) is 0 Å². The highest BCUT2D eigenvalue weighted by Crippen LogP contribution is 2.28. The second-order valence-electron chi connectivity index (χ2n) is 6.15. The van der Waals surface area contributed by atoms with E-state index in [1.54, 1.807) is 6.21 Å². The van der Waals surface area contributed by atoms with E-state index < -0.39 is 0 Å². The molecule has 6 nitrogen and oxygen atoms in total. The zero-order chi connectivity index (χ0) is 17.6. The Morgan fingerprint density at radius 1 is 1.15 bits per heavy atom. The van der Waals surface area contributed by atoms with Gasteiger partial charge in [0, 0.05) is 23.7 Å². The van der Waals surface area contributed by atoms with Gasteiger partial charge in [0.25, 0.3) is 0 Å². The highest BCUT2D eigenvalue weighted by Gasteiger charge is 2.10. The number of guanidine groups is 1. The Kier molecular flexibility index (Phi) is 4.82. The number of benzene rings is 2.